The number of halogens is 3. The van der Waals surface area contributed by atoms with Crippen molar-refractivity contribution in [3.8, 4) is 0 Å². The van der Waals surface area contributed by atoms with Gasteiger partial charge in [-0.15, -0.1) is 0 Å². The van der Waals surface area contributed by atoms with Gasteiger partial charge in [0.2, 0.25) is 0 Å². The minimum atomic E-state index is 0. The van der Waals surface area contributed by atoms with Crippen LogP contribution in [0.15, 0.2) is 128 Å². The van der Waals surface area contributed by atoms with E-state index in [2.05, 4.69) is 29.9 Å². The molecule has 3 aromatic carbocycles. The topological polar surface area (TPSA) is 155 Å². The van der Waals surface area contributed by atoms with Gasteiger partial charge in [0.1, 0.15) is 0 Å². The second-order valence-electron chi connectivity index (χ2n) is 10.3. The van der Waals surface area contributed by atoms with E-state index in [0.717, 1.165) is 82.5 Å². The first kappa shape index (κ1) is 38.5. The number of rotatable bonds is 0. The van der Waals surface area contributed by atoms with Crippen LogP contribution in [0.4, 0.5) is 17.1 Å². The third-order valence-electron chi connectivity index (χ3n) is 7.48. The maximum atomic E-state index is 5.95. The van der Waals surface area contributed by atoms with Crippen LogP contribution in [0.2, 0.25) is 0 Å². The molecule has 6 heterocycles. The summed E-state index contributed by atoms with van der Waals surface area (Å²) in [5, 5.41) is 5.97. The molecule has 6 N–H and O–H groups in total. The Kier molecular flexibility index (Phi) is 13.3. The molecule has 246 valence electrons. The summed E-state index contributed by atoms with van der Waals surface area (Å²) in [6.45, 7) is 0. The van der Waals surface area contributed by atoms with Gasteiger partial charge < -0.3 is 54.4 Å². The number of pyridine rings is 6. The Morgan fingerprint density at radius 1 is 0.327 bits per heavy atom. The summed E-state index contributed by atoms with van der Waals surface area (Å²) in [6, 6.07) is 29.0. The summed E-state index contributed by atoms with van der Waals surface area (Å²) in [4.78, 5) is 26.0. The van der Waals surface area contributed by atoms with Gasteiger partial charge in [-0.05, 0) is 72.8 Å². The predicted octanol–water partition coefficient (Wildman–Crippen LogP) is -1.89. The third-order valence-corrected chi connectivity index (χ3v) is 7.48. The number of hydrogen-bond acceptors (Lipinski definition) is 9. The van der Waals surface area contributed by atoms with Gasteiger partial charge in [0.25, 0.3) is 0 Å². The molecule has 13 heteroatoms. The van der Waals surface area contributed by atoms with Crippen LogP contribution in [0.25, 0.3) is 65.4 Å². The third kappa shape index (κ3) is 7.69. The molecule has 0 aliphatic rings. The van der Waals surface area contributed by atoms with Crippen LogP contribution in [-0.4, -0.2) is 29.9 Å². The van der Waals surface area contributed by atoms with E-state index in [1.54, 1.807) is 37.2 Å². The number of nitrogen functional groups attached to an aromatic ring is 3. The summed E-state index contributed by atoms with van der Waals surface area (Å²) in [5.41, 5.74) is 25.4. The Morgan fingerprint density at radius 3 is 0.816 bits per heavy atom. The van der Waals surface area contributed by atoms with E-state index in [0.29, 0.717) is 0 Å². The number of hydrogen-bond donors (Lipinski definition) is 3. The van der Waals surface area contributed by atoms with Crippen molar-refractivity contribution < 1.29 is 56.7 Å². The Balaban J connectivity index is 0.000000191. The van der Waals surface area contributed by atoms with Crippen molar-refractivity contribution in [2.45, 2.75) is 0 Å². The summed E-state index contributed by atoms with van der Waals surface area (Å²) < 4.78 is 0. The second kappa shape index (κ2) is 16.9. The number of aromatic nitrogens is 6. The molecule has 9 rings (SSSR count). The van der Waals surface area contributed by atoms with E-state index in [1.807, 2.05) is 91.0 Å². The number of fused-ring (bicyclic) bond motifs is 9. The van der Waals surface area contributed by atoms with Gasteiger partial charge in [0.05, 0.1) is 33.1 Å². The van der Waals surface area contributed by atoms with Crippen LogP contribution >= 0.6 is 0 Å². The van der Waals surface area contributed by atoms with Crippen LogP contribution < -0.4 is 54.4 Å². The standard InChI is InChI=1S/3C12H9N3.3ClH.Ru/c3*13-10-7-8-3-1-5-14-11(8)12-9(10)4-2-6-15-12;;;;/h3*1-7H,13H2;3*1H;/q;;;;;;+2/p-3. The Morgan fingerprint density at radius 2 is 0.551 bits per heavy atom. The minimum absolute atomic E-state index is 0. The summed E-state index contributed by atoms with van der Waals surface area (Å²) >= 11 is 0. The van der Waals surface area contributed by atoms with Gasteiger partial charge in [0, 0.05) is 86.6 Å². The normalized spacial score (nSPS) is 10.0. The average Bonchev–Trinajstić information content (AvgIpc) is 3.09. The first-order chi connectivity index (χ1) is 22.1. The van der Waals surface area contributed by atoms with Crippen LogP contribution in [0.1, 0.15) is 0 Å². The number of benzene rings is 3. The van der Waals surface area contributed by atoms with Gasteiger partial charge in [-0.2, -0.15) is 0 Å². The van der Waals surface area contributed by atoms with Crippen molar-refractivity contribution in [2.75, 3.05) is 17.2 Å². The van der Waals surface area contributed by atoms with Gasteiger partial charge in [-0.3, -0.25) is 29.9 Å². The van der Waals surface area contributed by atoms with Crippen molar-refractivity contribution in [3.63, 3.8) is 0 Å². The summed E-state index contributed by atoms with van der Waals surface area (Å²) in [7, 11) is 0. The molecule has 49 heavy (non-hydrogen) atoms. The SMILES string of the molecule is Nc1cc2cccnc2c2ncccc12.Nc1cc2cccnc2c2ncccc12.Nc1cc2cccnc2c2ncccc12.[Cl-].[Cl-].[Cl-].[Ru+2]. The maximum Gasteiger partial charge on any atom is 2.00 e. The van der Waals surface area contributed by atoms with Crippen LogP contribution in [-0.2, 0) is 19.5 Å². The molecule has 9 aromatic rings. The molecule has 0 bridgehead atoms. The predicted molar refractivity (Wildman–Crippen MR) is 184 cm³/mol. The van der Waals surface area contributed by atoms with Crippen molar-refractivity contribution in [2.24, 2.45) is 0 Å². The zero-order valence-corrected chi connectivity index (χ0v) is 29.5. The zero-order chi connectivity index (χ0) is 30.8. The molecule has 0 spiro atoms. The van der Waals surface area contributed by atoms with Crippen molar-refractivity contribution >= 4 is 82.5 Å². The number of anilines is 3. The molecular weight excluding hydrogens is 766 g/mol. The fourth-order valence-electron chi connectivity index (χ4n) is 5.41. The van der Waals surface area contributed by atoms with E-state index in [4.69, 9.17) is 17.2 Å². The molecule has 0 atom stereocenters. The fourth-order valence-corrected chi connectivity index (χ4v) is 5.41. The molecule has 0 saturated heterocycles. The largest absolute Gasteiger partial charge is 2.00 e. The van der Waals surface area contributed by atoms with Crippen LogP contribution in [0.5, 0.6) is 0 Å². The Labute approximate surface area is 312 Å². The number of nitrogens with two attached hydrogens (primary N) is 3. The van der Waals surface area contributed by atoms with Crippen molar-refractivity contribution in [3.05, 3.63) is 128 Å². The van der Waals surface area contributed by atoms with E-state index in [-0.39, 0.29) is 56.7 Å². The van der Waals surface area contributed by atoms with Crippen molar-refractivity contribution in [1.29, 1.82) is 0 Å². The molecule has 0 radical (unpaired) electrons. The van der Waals surface area contributed by atoms with Gasteiger partial charge >= 0.3 is 19.5 Å². The summed E-state index contributed by atoms with van der Waals surface area (Å²) in [6.07, 6.45) is 10.6. The van der Waals surface area contributed by atoms with Gasteiger partial charge in [0.15, 0.2) is 0 Å². The Hall–Kier alpha value is -4.99. The molecule has 0 aliphatic carbocycles. The van der Waals surface area contributed by atoms with E-state index >= 15 is 0 Å². The summed E-state index contributed by atoms with van der Waals surface area (Å²) in [5.74, 6) is 0. The molecule has 0 saturated carbocycles. The molecular formula is C36H27Cl3N9Ru-. The molecule has 6 aromatic heterocycles. The van der Waals surface area contributed by atoms with Crippen LogP contribution in [0.3, 0.4) is 0 Å². The average molecular weight is 793 g/mol. The number of nitrogens with zero attached hydrogens (tertiary/aromatic N) is 6. The minimum Gasteiger partial charge on any atom is -1.00 e. The first-order valence-electron chi connectivity index (χ1n) is 14.2. The molecule has 0 unspecified atom stereocenters. The molecule has 0 amide bonds. The quantitative estimate of drug-likeness (QED) is 0.0909. The Bertz CT molecular complexity index is 2240. The second-order valence-corrected chi connectivity index (χ2v) is 10.3. The molecule has 9 nitrogen and oxygen atoms in total. The van der Waals surface area contributed by atoms with Gasteiger partial charge in [-0.1, -0.05) is 18.2 Å². The van der Waals surface area contributed by atoms with E-state index in [1.165, 1.54) is 0 Å². The maximum absolute atomic E-state index is 5.95. The molecule has 0 fully saturated rings. The van der Waals surface area contributed by atoms with Crippen LogP contribution in [0, 0.1) is 0 Å². The smallest absolute Gasteiger partial charge is 1.00 e. The van der Waals surface area contributed by atoms with E-state index in [9.17, 15) is 0 Å². The molecule has 0 aliphatic heterocycles. The van der Waals surface area contributed by atoms with E-state index < -0.39 is 0 Å². The monoisotopic (exact) mass is 792 g/mol. The van der Waals surface area contributed by atoms with Crippen molar-refractivity contribution in [1.82, 2.24) is 29.9 Å². The van der Waals surface area contributed by atoms with Gasteiger partial charge in [-0.25, -0.2) is 0 Å². The first-order valence-corrected chi connectivity index (χ1v) is 14.2. The zero-order valence-electron chi connectivity index (χ0n) is 25.5. The fraction of sp³-hybridized carbons (Fsp3) is 0.